The molecular weight excluding hydrogens is 336 g/mol. The van der Waals surface area contributed by atoms with Gasteiger partial charge in [0.2, 0.25) is 0 Å². The molecule has 6 nitrogen and oxygen atoms in total. The molecule has 0 saturated carbocycles. The van der Waals surface area contributed by atoms with E-state index >= 15 is 0 Å². The Morgan fingerprint density at radius 2 is 1.65 bits per heavy atom. The molecule has 148 valence electrons. The van der Waals surface area contributed by atoms with Gasteiger partial charge in [0.15, 0.2) is 6.29 Å². The highest BCUT2D eigenvalue weighted by Crippen LogP contribution is 2.08. The summed E-state index contributed by atoms with van der Waals surface area (Å²) in [6, 6.07) is 9.88. The van der Waals surface area contributed by atoms with Crippen molar-refractivity contribution in [1.29, 1.82) is 0 Å². The Hall–Kier alpha value is -1.47. The van der Waals surface area contributed by atoms with Gasteiger partial charge in [-0.1, -0.05) is 36.8 Å². The van der Waals surface area contributed by atoms with Crippen LogP contribution in [0.3, 0.4) is 0 Å². The quantitative estimate of drug-likeness (QED) is 0.269. The second kappa shape index (κ2) is 14.7. The van der Waals surface area contributed by atoms with Crippen molar-refractivity contribution in [3.63, 3.8) is 0 Å². The molecule has 0 bridgehead atoms. The number of hydrogen-bond acceptors (Lipinski definition) is 6. The molecule has 26 heavy (non-hydrogen) atoms. The molecule has 0 aliphatic heterocycles. The predicted molar refractivity (Wildman–Crippen MR) is 98.7 cm³/mol. The topological polar surface area (TPSA) is 63.2 Å². The molecule has 6 heteroatoms. The van der Waals surface area contributed by atoms with Gasteiger partial charge in [0.05, 0.1) is 19.8 Å². The highest BCUT2D eigenvalue weighted by Gasteiger charge is 2.13. The van der Waals surface area contributed by atoms with Crippen LogP contribution in [0.1, 0.15) is 38.2 Å². The molecule has 0 aliphatic rings. The van der Waals surface area contributed by atoms with Crippen molar-refractivity contribution < 1.29 is 28.5 Å². The number of ether oxygens (including phenoxy) is 5. The fourth-order valence-electron chi connectivity index (χ4n) is 2.47. The summed E-state index contributed by atoms with van der Waals surface area (Å²) in [6.07, 6.45) is 3.34. The van der Waals surface area contributed by atoms with Gasteiger partial charge in [-0.15, -0.1) is 0 Å². The Labute approximate surface area is 156 Å². The SMILES string of the molecule is COC(CCCCCOC[C@H](COCc1ccccc1)OC(C)=O)OC. The summed E-state index contributed by atoms with van der Waals surface area (Å²) in [6.45, 7) is 3.16. The Kier molecular flexibility index (Phi) is 12.7. The van der Waals surface area contributed by atoms with E-state index < -0.39 is 0 Å². The first kappa shape index (κ1) is 22.6. The smallest absolute Gasteiger partial charge is 0.303 e. The maximum absolute atomic E-state index is 11.2. The van der Waals surface area contributed by atoms with Gasteiger partial charge in [-0.05, 0) is 24.8 Å². The molecule has 1 aromatic carbocycles. The maximum Gasteiger partial charge on any atom is 0.303 e. The lowest BCUT2D eigenvalue weighted by atomic mass is 10.2. The summed E-state index contributed by atoms with van der Waals surface area (Å²) in [5.74, 6) is -0.327. The number of methoxy groups -OCH3 is 2. The van der Waals surface area contributed by atoms with E-state index in [4.69, 9.17) is 23.7 Å². The van der Waals surface area contributed by atoms with Crippen molar-refractivity contribution >= 4 is 5.97 Å². The van der Waals surface area contributed by atoms with Gasteiger partial charge in [0.25, 0.3) is 0 Å². The van der Waals surface area contributed by atoms with E-state index in [1.165, 1.54) is 6.92 Å². The molecule has 0 saturated heterocycles. The lowest BCUT2D eigenvalue weighted by Gasteiger charge is -2.17. The minimum atomic E-state index is -0.387. The zero-order valence-electron chi connectivity index (χ0n) is 16.1. The van der Waals surface area contributed by atoms with Gasteiger partial charge in [0.1, 0.15) is 6.10 Å². The molecule has 0 aliphatic carbocycles. The van der Waals surface area contributed by atoms with Crippen molar-refractivity contribution in [3.8, 4) is 0 Å². The Morgan fingerprint density at radius 3 is 2.31 bits per heavy atom. The molecule has 0 aromatic heterocycles. The van der Waals surface area contributed by atoms with Crippen LogP contribution in [-0.2, 0) is 35.1 Å². The largest absolute Gasteiger partial charge is 0.458 e. The summed E-state index contributed by atoms with van der Waals surface area (Å²) in [5, 5.41) is 0. The Morgan fingerprint density at radius 1 is 0.962 bits per heavy atom. The van der Waals surface area contributed by atoms with Crippen LogP contribution in [0.25, 0.3) is 0 Å². The average Bonchev–Trinajstić information content (AvgIpc) is 2.64. The minimum Gasteiger partial charge on any atom is -0.458 e. The molecule has 0 N–H and O–H groups in total. The lowest BCUT2D eigenvalue weighted by molar-refractivity contribution is -0.153. The van der Waals surface area contributed by atoms with Crippen LogP contribution < -0.4 is 0 Å². The average molecular weight is 368 g/mol. The third kappa shape index (κ3) is 11.2. The van der Waals surface area contributed by atoms with Crippen LogP contribution in [0.2, 0.25) is 0 Å². The molecule has 0 spiro atoms. The van der Waals surface area contributed by atoms with Gasteiger partial charge in [-0.3, -0.25) is 4.79 Å². The maximum atomic E-state index is 11.2. The van der Waals surface area contributed by atoms with E-state index in [9.17, 15) is 4.79 Å². The summed E-state index contributed by atoms with van der Waals surface area (Å²) in [4.78, 5) is 11.2. The molecule has 1 aromatic rings. The summed E-state index contributed by atoms with van der Waals surface area (Å²) >= 11 is 0. The Balaban J connectivity index is 2.14. The highest BCUT2D eigenvalue weighted by molar-refractivity contribution is 5.66. The summed E-state index contributed by atoms with van der Waals surface area (Å²) < 4.78 is 26.8. The number of benzene rings is 1. The molecule has 1 rings (SSSR count). The normalized spacial score (nSPS) is 12.3. The Bertz CT molecular complexity index is 461. The summed E-state index contributed by atoms with van der Waals surface area (Å²) in [5.41, 5.74) is 1.08. The molecule has 0 heterocycles. The van der Waals surface area contributed by atoms with Crippen LogP contribution in [0, 0.1) is 0 Å². The molecule has 0 unspecified atom stereocenters. The third-order valence-corrected chi connectivity index (χ3v) is 3.81. The van der Waals surface area contributed by atoms with Gasteiger partial charge in [0, 0.05) is 27.8 Å². The molecule has 0 radical (unpaired) electrons. The van der Waals surface area contributed by atoms with E-state index in [0.29, 0.717) is 26.4 Å². The number of hydrogen-bond donors (Lipinski definition) is 0. The number of carbonyl (C=O) groups is 1. The van der Waals surface area contributed by atoms with Crippen LogP contribution >= 0.6 is 0 Å². The van der Waals surface area contributed by atoms with Crippen LogP contribution in [0.5, 0.6) is 0 Å². The minimum absolute atomic E-state index is 0.133. The third-order valence-electron chi connectivity index (χ3n) is 3.81. The monoisotopic (exact) mass is 368 g/mol. The number of rotatable bonds is 15. The fraction of sp³-hybridized carbons (Fsp3) is 0.650. The van der Waals surface area contributed by atoms with Crippen molar-refractivity contribution in [2.45, 2.75) is 51.6 Å². The second-order valence-electron chi connectivity index (χ2n) is 6.06. The standard InChI is InChI=1S/C20H32O6/c1-17(21)26-19(16-25-14-18-10-6-4-7-11-18)15-24-13-9-5-8-12-20(22-2)23-3/h4,6-7,10-11,19-20H,5,8-9,12-16H2,1-3H3/t19-/m1/s1. The van der Waals surface area contributed by atoms with E-state index in [-0.39, 0.29) is 18.4 Å². The molecule has 1 atom stereocenters. The molecular formula is C20H32O6. The van der Waals surface area contributed by atoms with Gasteiger partial charge in [-0.25, -0.2) is 0 Å². The second-order valence-corrected chi connectivity index (χ2v) is 6.06. The molecule has 0 amide bonds. The van der Waals surface area contributed by atoms with Crippen LogP contribution in [-0.4, -0.2) is 52.4 Å². The van der Waals surface area contributed by atoms with Crippen LogP contribution in [0.15, 0.2) is 30.3 Å². The number of carbonyl (C=O) groups excluding carboxylic acids is 1. The zero-order valence-corrected chi connectivity index (χ0v) is 16.1. The van der Waals surface area contributed by atoms with E-state index in [2.05, 4.69) is 0 Å². The molecule has 0 fully saturated rings. The van der Waals surface area contributed by atoms with E-state index in [0.717, 1.165) is 31.2 Å². The first-order valence-corrected chi connectivity index (χ1v) is 9.08. The number of unbranched alkanes of at least 4 members (excludes halogenated alkanes) is 2. The van der Waals surface area contributed by atoms with Gasteiger partial charge in [-0.2, -0.15) is 0 Å². The lowest BCUT2D eigenvalue weighted by Crippen LogP contribution is -2.27. The first-order chi connectivity index (χ1) is 12.7. The van der Waals surface area contributed by atoms with Gasteiger partial charge >= 0.3 is 5.97 Å². The van der Waals surface area contributed by atoms with Crippen LogP contribution in [0.4, 0.5) is 0 Å². The van der Waals surface area contributed by atoms with Crippen molar-refractivity contribution in [2.24, 2.45) is 0 Å². The van der Waals surface area contributed by atoms with Crippen molar-refractivity contribution in [2.75, 3.05) is 34.0 Å². The number of esters is 1. The van der Waals surface area contributed by atoms with Crippen molar-refractivity contribution in [1.82, 2.24) is 0 Å². The van der Waals surface area contributed by atoms with Gasteiger partial charge < -0.3 is 23.7 Å². The zero-order chi connectivity index (χ0) is 19.0. The summed E-state index contributed by atoms with van der Waals surface area (Å²) in [7, 11) is 3.29. The predicted octanol–water partition coefficient (Wildman–Crippen LogP) is 3.33. The van der Waals surface area contributed by atoms with E-state index in [1.807, 2.05) is 30.3 Å². The first-order valence-electron chi connectivity index (χ1n) is 9.08. The van der Waals surface area contributed by atoms with Crippen molar-refractivity contribution in [3.05, 3.63) is 35.9 Å². The highest BCUT2D eigenvalue weighted by atomic mass is 16.7. The van der Waals surface area contributed by atoms with E-state index in [1.54, 1.807) is 14.2 Å². The fourth-order valence-corrected chi connectivity index (χ4v) is 2.47.